The van der Waals surface area contributed by atoms with Crippen LogP contribution in [0.1, 0.15) is 38.5 Å². The molecule has 0 radical (unpaired) electrons. The second-order valence-electron chi connectivity index (χ2n) is 5.71. The Bertz CT molecular complexity index is 378. The lowest BCUT2D eigenvalue weighted by Gasteiger charge is -2.33. The minimum absolute atomic E-state index is 0.668. The Kier molecular flexibility index (Phi) is 3.33. The zero-order chi connectivity index (χ0) is 11.7. The molecule has 0 N–H and O–H groups in total. The van der Waals surface area contributed by atoms with Gasteiger partial charge in [0.25, 0.3) is 0 Å². The fourth-order valence-electron chi connectivity index (χ4n) is 3.52. The summed E-state index contributed by atoms with van der Waals surface area (Å²) in [5, 5.41) is 0. The van der Waals surface area contributed by atoms with Crippen LogP contribution in [0.5, 0.6) is 0 Å². The van der Waals surface area contributed by atoms with Gasteiger partial charge in [0.05, 0.1) is 0 Å². The van der Waals surface area contributed by atoms with Crippen LogP contribution in [0, 0.1) is 8.99 Å². The largest absolute Gasteiger partial charge is 0.371 e. The summed E-state index contributed by atoms with van der Waals surface area (Å²) in [5.41, 5.74) is 2.09. The maximum Gasteiger partial charge on any atom is 0.0367 e. The van der Waals surface area contributed by atoms with Crippen molar-refractivity contribution >= 4 is 28.3 Å². The number of halogens is 1. The summed E-state index contributed by atoms with van der Waals surface area (Å²) in [5.74, 6) is 0. The lowest BCUT2D eigenvalue weighted by atomic mass is 9.73. The third kappa shape index (κ3) is 2.47. The Hall–Kier alpha value is -0.250. The van der Waals surface area contributed by atoms with E-state index in [1.165, 1.54) is 60.9 Å². The second-order valence-corrected chi connectivity index (χ2v) is 6.95. The molecule has 92 valence electrons. The molecule has 1 nitrogen and oxygen atoms in total. The van der Waals surface area contributed by atoms with Gasteiger partial charge in [-0.05, 0) is 71.5 Å². The standard InChI is InChI=1S/C15H20IN/c16-13-4-6-14(7-5-13)17-11-10-15(12-17)8-2-1-3-9-15/h4-7H,1-3,8-12H2. The van der Waals surface area contributed by atoms with Crippen LogP contribution >= 0.6 is 22.6 Å². The molecule has 0 atom stereocenters. The summed E-state index contributed by atoms with van der Waals surface area (Å²) in [4.78, 5) is 2.60. The van der Waals surface area contributed by atoms with Crippen LogP contribution < -0.4 is 4.90 Å². The molecule has 0 bridgehead atoms. The lowest BCUT2D eigenvalue weighted by molar-refractivity contribution is 0.219. The van der Waals surface area contributed by atoms with E-state index in [9.17, 15) is 0 Å². The van der Waals surface area contributed by atoms with Crippen molar-refractivity contribution in [2.45, 2.75) is 38.5 Å². The van der Waals surface area contributed by atoms with Crippen LogP contribution in [0.2, 0.25) is 0 Å². The number of nitrogens with zero attached hydrogens (tertiary/aromatic N) is 1. The third-order valence-corrected chi connectivity index (χ3v) is 5.26. The van der Waals surface area contributed by atoms with Gasteiger partial charge in [0, 0.05) is 22.3 Å². The van der Waals surface area contributed by atoms with E-state index in [4.69, 9.17) is 0 Å². The molecule has 0 aromatic heterocycles. The van der Waals surface area contributed by atoms with Gasteiger partial charge in [0.15, 0.2) is 0 Å². The summed E-state index contributed by atoms with van der Waals surface area (Å²) in [6, 6.07) is 9.01. The summed E-state index contributed by atoms with van der Waals surface area (Å²) in [6.07, 6.45) is 8.73. The molecular formula is C15H20IN. The maximum absolute atomic E-state index is 2.60. The first-order chi connectivity index (χ1) is 8.27. The molecule has 1 aliphatic carbocycles. The van der Waals surface area contributed by atoms with Gasteiger partial charge in [0.1, 0.15) is 0 Å². The highest BCUT2D eigenvalue weighted by molar-refractivity contribution is 14.1. The first-order valence-electron chi connectivity index (χ1n) is 6.78. The molecule has 1 saturated carbocycles. The zero-order valence-corrected chi connectivity index (χ0v) is 12.4. The van der Waals surface area contributed by atoms with Crippen LogP contribution in [0.3, 0.4) is 0 Å². The van der Waals surface area contributed by atoms with E-state index < -0.39 is 0 Å². The predicted molar refractivity (Wildman–Crippen MR) is 81.5 cm³/mol. The molecule has 2 heteroatoms. The van der Waals surface area contributed by atoms with Gasteiger partial charge in [-0.3, -0.25) is 0 Å². The molecule has 0 amide bonds. The van der Waals surface area contributed by atoms with Gasteiger partial charge in [-0.2, -0.15) is 0 Å². The maximum atomic E-state index is 2.60. The number of anilines is 1. The summed E-state index contributed by atoms with van der Waals surface area (Å²) in [6.45, 7) is 2.56. The highest BCUT2D eigenvalue weighted by atomic mass is 127. The molecule has 2 aliphatic rings. The van der Waals surface area contributed by atoms with E-state index in [1.54, 1.807) is 0 Å². The molecule has 3 rings (SSSR count). The van der Waals surface area contributed by atoms with Crippen LogP contribution in [-0.2, 0) is 0 Å². The summed E-state index contributed by atoms with van der Waals surface area (Å²) >= 11 is 2.38. The average Bonchev–Trinajstić information content (AvgIpc) is 2.75. The van der Waals surface area contributed by atoms with Crippen LogP contribution in [-0.4, -0.2) is 13.1 Å². The molecule has 0 unspecified atom stereocenters. The van der Waals surface area contributed by atoms with Crippen molar-refractivity contribution in [3.8, 4) is 0 Å². The van der Waals surface area contributed by atoms with Crippen molar-refractivity contribution in [3.63, 3.8) is 0 Å². The molecule has 1 aliphatic heterocycles. The van der Waals surface area contributed by atoms with Gasteiger partial charge in [0.2, 0.25) is 0 Å². The summed E-state index contributed by atoms with van der Waals surface area (Å²) < 4.78 is 1.33. The quantitative estimate of drug-likeness (QED) is 0.682. The molecular weight excluding hydrogens is 321 g/mol. The van der Waals surface area contributed by atoms with Gasteiger partial charge >= 0.3 is 0 Å². The van der Waals surface area contributed by atoms with Gasteiger partial charge in [-0.15, -0.1) is 0 Å². The highest BCUT2D eigenvalue weighted by Crippen LogP contribution is 2.44. The SMILES string of the molecule is Ic1ccc(N2CCC3(CCCCC3)C2)cc1. The van der Waals surface area contributed by atoms with Crippen LogP contribution in [0.4, 0.5) is 5.69 Å². The second kappa shape index (κ2) is 4.79. The molecule has 1 spiro atoms. The monoisotopic (exact) mass is 341 g/mol. The van der Waals surface area contributed by atoms with Crippen LogP contribution in [0.25, 0.3) is 0 Å². The Balaban J connectivity index is 1.72. The lowest BCUT2D eigenvalue weighted by Crippen LogP contribution is -2.29. The molecule has 1 aromatic rings. The molecule has 1 aromatic carbocycles. The Morgan fingerprint density at radius 3 is 2.35 bits per heavy atom. The topological polar surface area (TPSA) is 3.24 Å². The molecule has 1 saturated heterocycles. The Morgan fingerprint density at radius 2 is 1.65 bits per heavy atom. The van der Waals surface area contributed by atoms with Gasteiger partial charge in [-0.25, -0.2) is 0 Å². The molecule has 17 heavy (non-hydrogen) atoms. The number of benzene rings is 1. The van der Waals surface area contributed by atoms with E-state index in [0.717, 1.165) is 0 Å². The predicted octanol–water partition coefficient (Wildman–Crippen LogP) is 4.45. The zero-order valence-electron chi connectivity index (χ0n) is 10.3. The number of hydrogen-bond donors (Lipinski definition) is 0. The van der Waals surface area contributed by atoms with E-state index in [2.05, 4.69) is 51.8 Å². The van der Waals surface area contributed by atoms with E-state index in [1.807, 2.05) is 0 Å². The fourth-order valence-corrected chi connectivity index (χ4v) is 3.88. The minimum atomic E-state index is 0.668. The van der Waals surface area contributed by atoms with E-state index in [-0.39, 0.29) is 0 Å². The first kappa shape index (κ1) is 11.8. The van der Waals surface area contributed by atoms with Crippen LogP contribution in [0.15, 0.2) is 24.3 Å². The fraction of sp³-hybridized carbons (Fsp3) is 0.600. The Morgan fingerprint density at radius 1 is 0.941 bits per heavy atom. The smallest absolute Gasteiger partial charge is 0.0367 e. The van der Waals surface area contributed by atoms with E-state index in [0.29, 0.717) is 5.41 Å². The van der Waals surface area contributed by atoms with E-state index >= 15 is 0 Å². The minimum Gasteiger partial charge on any atom is -0.371 e. The first-order valence-corrected chi connectivity index (χ1v) is 7.86. The highest BCUT2D eigenvalue weighted by Gasteiger charge is 2.38. The van der Waals surface area contributed by atoms with Gasteiger partial charge in [-0.1, -0.05) is 19.3 Å². The molecule has 1 heterocycles. The van der Waals surface area contributed by atoms with Crippen molar-refractivity contribution in [1.29, 1.82) is 0 Å². The Labute approximate surface area is 118 Å². The van der Waals surface area contributed by atoms with Crippen molar-refractivity contribution in [2.75, 3.05) is 18.0 Å². The number of hydrogen-bond acceptors (Lipinski definition) is 1. The van der Waals surface area contributed by atoms with Crippen molar-refractivity contribution in [1.82, 2.24) is 0 Å². The van der Waals surface area contributed by atoms with Crippen molar-refractivity contribution < 1.29 is 0 Å². The summed E-state index contributed by atoms with van der Waals surface area (Å²) in [7, 11) is 0. The normalized spacial score (nSPS) is 23.2. The van der Waals surface area contributed by atoms with Crippen molar-refractivity contribution in [2.24, 2.45) is 5.41 Å². The van der Waals surface area contributed by atoms with Crippen molar-refractivity contribution in [3.05, 3.63) is 27.8 Å². The number of rotatable bonds is 1. The molecule has 2 fully saturated rings. The average molecular weight is 341 g/mol. The van der Waals surface area contributed by atoms with Gasteiger partial charge < -0.3 is 4.90 Å². The third-order valence-electron chi connectivity index (χ3n) is 4.54.